The molecule has 3 heteroatoms. The smallest absolute Gasteiger partial charge is 0.137 e. The van der Waals surface area contributed by atoms with Crippen molar-refractivity contribution in [1.82, 2.24) is 0 Å². The summed E-state index contributed by atoms with van der Waals surface area (Å²) in [4.78, 5) is 1.73. The van der Waals surface area contributed by atoms with Crippen molar-refractivity contribution in [2.45, 2.75) is 23.1 Å². The Morgan fingerprint density at radius 2 is 1.83 bits per heavy atom. The second-order valence-corrected chi connectivity index (χ2v) is 5.27. The van der Waals surface area contributed by atoms with E-state index in [0.717, 1.165) is 10.5 Å². The molecule has 2 aromatic carbocycles. The van der Waals surface area contributed by atoms with E-state index >= 15 is 0 Å². The number of hydrogen-bond donors (Lipinski definition) is 1. The lowest BCUT2D eigenvalue weighted by Crippen LogP contribution is -2.04. The first-order valence-corrected chi connectivity index (χ1v) is 6.74. The van der Waals surface area contributed by atoms with Crippen molar-refractivity contribution in [3.63, 3.8) is 0 Å². The molecule has 0 unspecified atom stereocenters. The third-order valence-electron chi connectivity index (χ3n) is 2.70. The zero-order valence-electron chi connectivity index (χ0n) is 10.3. The summed E-state index contributed by atoms with van der Waals surface area (Å²) in [6, 6.07) is 13.3. The van der Waals surface area contributed by atoms with Crippen molar-refractivity contribution in [2.24, 2.45) is 5.73 Å². The molecule has 0 fully saturated rings. The maximum absolute atomic E-state index is 13.9. The van der Waals surface area contributed by atoms with Crippen LogP contribution >= 0.6 is 11.8 Å². The van der Waals surface area contributed by atoms with Crippen LogP contribution in [0, 0.1) is 12.7 Å². The molecule has 2 N–H and O–H groups in total. The molecule has 0 aromatic heterocycles. The number of aryl methyl sites for hydroxylation is 1. The highest BCUT2D eigenvalue weighted by atomic mass is 32.2. The second kappa shape index (κ2) is 6.03. The summed E-state index contributed by atoms with van der Waals surface area (Å²) in [7, 11) is 0. The zero-order valence-corrected chi connectivity index (χ0v) is 11.1. The Balaban J connectivity index is 2.30. The third kappa shape index (κ3) is 3.12. The van der Waals surface area contributed by atoms with Gasteiger partial charge in [0.1, 0.15) is 5.82 Å². The van der Waals surface area contributed by atoms with Gasteiger partial charge >= 0.3 is 0 Å². The van der Waals surface area contributed by atoms with Gasteiger partial charge < -0.3 is 5.73 Å². The fourth-order valence-electron chi connectivity index (χ4n) is 1.74. The first-order chi connectivity index (χ1) is 8.70. The Morgan fingerprint density at radius 1 is 1.11 bits per heavy atom. The van der Waals surface area contributed by atoms with Crippen LogP contribution < -0.4 is 5.73 Å². The van der Waals surface area contributed by atoms with Crippen LogP contribution in [-0.2, 0) is 6.42 Å². The van der Waals surface area contributed by atoms with Gasteiger partial charge in [-0.3, -0.25) is 0 Å². The molecule has 0 saturated carbocycles. The van der Waals surface area contributed by atoms with Gasteiger partial charge in [-0.25, -0.2) is 4.39 Å². The highest BCUT2D eigenvalue weighted by molar-refractivity contribution is 7.99. The van der Waals surface area contributed by atoms with Crippen LogP contribution in [0.3, 0.4) is 0 Å². The molecule has 0 amide bonds. The minimum Gasteiger partial charge on any atom is -0.330 e. The Hall–Kier alpha value is -1.32. The fourth-order valence-corrected chi connectivity index (χ4v) is 2.72. The Labute approximate surface area is 111 Å². The van der Waals surface area contributed by atoms with E-state index in [2.05, 4.69) is 0 Å². The van der Waals surface area contributed by atoms with Gasteiger partial charge in [-0.05, 0) is 43.7 Å². The summed E-state index contributed by atoms with van der Waals surface area (Å²) in [5.74, 6) is -0.175. The van der Waals surface area contributed by atoms with Crippen LogP contribution in [0.1, 0.15) is 11.1 Å². The molecule has 2 aromatic rings. The number of benzene rings is 2. The highest BCUT2D eigenvalue weighted by Gasteiger charge is 2.09. The Kier molecular flexibility index (Phi) is 4.39. The van der Waals surface area contributed by atoms with E-state index in [9.17, 15) is 4.39 Å². The average Bonchev–Trinajstić information content (AvgIpc) is 2.36. The molecule has 1 nitrogen and oxygen atoms in total. The Bertz CT molecular complexity index is 523. The van der Waals surface area contributed by atoms with Gasteiger partial charge in [-0.15, -0.1) is 0 Å². The molecule has 0 radical (unpaired) electrons. The van der Waals surface area contributed by atoms with Gasteiger partial charge in [0, 0.05) is 4.90 Å². The van der Waals surface area contributed by atoms with E-state index in [4.69, 9.17) is 5.73 Å². The summed E-state index contributed by atoms with van der Waals surface area (Å²) in [5, 5.41) is 0. The number of halogens is 1. The largest absolute Gasteiger partial charge is 0.330 e. The number of nitrogens with two attached hydrogens (primary N) is 1. The number of hydrogen-bond acceptors (Lipinski definition) is 2. The average molecular weight is 261 g/mol. The van der Waals surface area contributed by atoms with Crippen LogP contribution in [0.5, 0.6) is 0 Å². The van der Waals surface area contributed by atoms with E-state index in [1.807, 2.05) is 37.3 Å². The first kappa shape index (κ1) is 13.1. The van der Waals surface area contributed by atoms with Crippen LogP contribution in [0.25, 0.3) is 0 Å². The van der Waals surface area contributed by atoms with Crippen molar-refractivity contribution >= 4 is 11.8 Å². The summed E-state index contributed by atoms with van der Waals surface area (Å²) < 4.78 is 13.9. The van der Waals surface area contributed by atoms with Crippen LogP contribution in [0.4, 0.5) is 4.39 Å². The van der Waals surface area contributed by atoms with Gasteiger partial charge in [0.25, 0.3) is 0 Å². The molecule has 0 bridgehead atoms. The molecule has 0 aliphatic carbocycles. The van der Waals surface area contributed by atoms with Gasteiger partial charge in [0.2, 0.25) is 0 Å². The second-order valence-electron chi connectivity index (χ2n) is 4.18. The zero-order chi connectivity index (χ0) is 13.0. The molecule has 0 saturated heterocycles. The minimum absolute atomic E-state index is 0.175. The summed E-state index contributed by atoms with van der Waals surface area (Å²) in [6.07, 6.45) is 0.700. The molecule has 94 valence electrons. The van der Waals surface area contributed by atoms with Crippen molar-refractivity contribution in [3.05, 3.63) is 59.4 Å². The maximum atomic E-state index is 13.9. The minimum atomic E-state index is -0.175. The van der Waals surface area contributed by atoms with Gasteiger partial charge in [-0.1, -0.05) is 41.6 Å². The van der Waals surface area contributed by atoms with Gasteiger partial charge in [0.15, 0.2) is 0 Å². The molecular formula is C15H16FNS. The quantitative estimate of drug-likeness (QED) is 0.906. The van der Waals surface area contributed by atoms with E-state index < -0.39 is 0 Å². The predicted molar refractivity (Wildman–Crippen MR) is 74.5 cm³/mol. The topological polar surface area (TPSA) is 26.0 Å². The van der Waals surface area contributed by atoms with E-state index in [1.165, 1.54) is 23.4 Å². The molecule has 0 heterocycles. The van der Waals surface area contributed by atoms with Crippen molar-refractivity contribution < 1.29 is 4.39 Å². The van der Waals surface area contributed by atoms with Crippen LogP contribution in [-0.4, -0.2) is 6.54 Å². The molecule has 0 aliphatic rings. The van der Waals surface area contributed by atoms with Crippen LogP contribution in [0.2, 0.25) is 0 Å². The third-order valence-corrected chi connectivity index (χ3v) is 3.87. The predicted octanol–water partition coefficient (Wildman–Crippen LogP) is 3.79. The Morgan fingerprint density at radius 3 is 2.50 bits per heavy atom. The lowest BCUT2D eigenvalue weighted by atomic mass is 10.1. The molecular weight excluding hydrogens is 245 g/mol. The first-order valence-electron chi connectivity index (χ1n) is 5.92. The fraction of sp³-hybridized carbons (Fsp3) is 0.200. The van der Waals surface area contributed by atoms with Crippen molar-refractivity contribution in [1.29, 1.82) is 0 Å². The van der Waals surface area contributed by atoms with E-state index in [0.29, 0.717) is 17.9 Å². The summed E-state index contributed by atoms with van der Waals surface area (Å²) >= 11 is 1.46. The lowest BCUT2D eigenvalue weighted by molar-refractivity contribution is 0.597. The highest BCUT2D eigenvalue weighted by Crippen LogP contribution is 2.32. The van der Waals surface area contributed by atoms with Crippen molar-refractivity contribution in [2.75, 3.05) is 6.54 Å². The normalized spacial score (nSPS) is 10.6. The SMILES string of the molecule is Cc1ccc(Sc2c(F)cccc2CCN)cc1. The molecule has 0 spiro atoms. The number of rotatable bonds is 4. The van der Waals surface area contributed by atoms with Crippen LogP contribution in [0.15, 0.2) is 52.3 Å². The maximum Gasteiger partial charge on any atom is 0.137 e. The van der Waals surface area contributed by atoms with E-state index in [1.54, 1.807) is 6.07 Å². The summed E-state index contributed by atoms with van der Waals surface area (Å²) in [6.45, 7) is 2.57. The van der Waals surface area contributed by atoms with Gasteiger partial charge in [0.05, 0.1) is 4.90 Å². The molecule has 2 rings (SSSR count). The molecule has 0 aliphatic heterocycles. The molecule has 0 atom stereocenters. The van der Waals surface area contributed by atoms with Gasteiger partial charge in [-0.2, -0.15) is 0 Å². The van der Waals surface area contributed by atoms with E-state index in [-0.39, 0.29) is 5.82 Å². The van der Waals surface area contributed by atoms with Crippen molar-refractivity contribution in [3.8, 4) is 0 Å². The monoisotopic (exact) mass is 261 g/mol. The standard InChI is InChI=1S/C15H16FNS/c1-11-5-7-13(8-6-11)18-15-12(9-10-17)3-2-4-14(15)16/h2-8H,9-10,17H2,1H3. The molecule has 18 heavy (non-hydrogen) atoms. The summed E-state index contributed by atoms with van der Waals surface area (Å²) in [5.41, 5.74) is 7.74. The lowest BCUT2D eigenvalue weighted by Gasteiger charge is -2.09.